The molecule has 0 amide bonds. The molecule has 0 heterocycles. The quantitative estimate of drug-likeness (QED) is 0.380. The predicted molar refractivity (Wildman–Crippen MR) is 42.8 cm³/mol. The summed E-state index contributed by atoms with van der Waals surface area (Å²) in [7, 11) is 0. The highest BCUT2D eigenvalue weighted by atomic mass is 19.1. The molecule has 60 valence electrons. The highest BCUT2D eigenvalue weighted by molar-refractivity contribution is 6.59. The van der Waals surface area contributed by atoms with Crippen LogP contribution in [0.5, 0.6) is 0 Å². The van der Waals surface area contributed by atoms with Gasteiger partial charge in [0.2, 0.25) is 0 Å². The second-order valence-electron chi connectivity index (χ2n) is 2.12. The third kappa shape index (κ3) is 3.60. The van der Waals surface area contributed by atoms with Crippen LogP contribution < -0.4 is 0 Å². The van der Waals surface area contributed by atoms with Gasteiger partial charge in [-0.15, -0.1) is 0 Å². The summed E-state index contributed by atoms with van der Waals surface area (Å²) in [4.78, 5) is 0. The first kappa shape index (κ1) is 9.94. The van der Waals surface area contributed by atoms with Gasteiger partial charge in [0.25, 0.3) is 0 Å². The second kappa shape index (κ2) is 3.96. The Kier molecular flexibility index (Phi) is 3.58. The molecular formula is C7H9BF2O. The summed E-state index contributed by atoms with van der Waals surface area (Å²) in [6.07, 6.45) is 0.721. The summed E-state index contributed by atoms with van der Waals surface area (Å²) in [6, 6.07) is 0. The summed E-state index contributed by atoms with van der Waals surface area (Å²) >= 11 is 0. The minimum atomic E-state index is -1.45. The number of aliphatic hydroxyl groups excluding tert-OH is 1. The zero-order chi connectivity index (χ0) is 9.02. The molecule has 0 saturated heterocycles. The van der Waals surface area contributed by atoms with Crippen molar-refractivity contribution in [2.24, 2.45) is 0 Å². The Labute approximate surface area is 64.9 Å². The molecule has 0 unspecified atom stereocenters. The molecule has 0 spiro atoms. The fourth-order valence-electron chi connectivity index (χ4n) is 0.429. The van der Waals surface area contributed by atoms with Crippen LogP contribution in [0, 0.1) is 0 Å². The first-order valence-corrected chi connectivity index (χ1v) is 3.03. The van der Waals surface area contributed by atoms with Gasteiger partial charge in [0.1, 0.15) is 11.6 Å². The summed E-state index contributed by atoms with van der Waals surface area (Å²) < 4.78 is 24.9. The maximum atomic E-state index is 12.6. The lowest BCUT2D eigenvalue weighted by Crippen LogP contribution is -2.03. The Morgan fingerprint density at radius 1 is 1.55 bits per heavy atom. The molecule has 0 atom stereocenters. The number of rotatable bonds is 3. The van der Waals surface area contributed by atoms with Crippen LogP contribution in [-0.4, -0.2) is 12.1 Å². The zero-order valence-electron chi connectivity index (χ0n) is 6.27. The van der Waals surface area contributed by atoms with E-state index in [0.29, 0.717) is 0 Å². The number of hydrogen-bond acceptors (Lipinski definition) is 1. The molecule has 4 heteroatoms. The van der Waals surface area contributed by atoms with E-state index in [1.807, 2.05) is 0 Å². The Morgan fingerprint density at radius 2 is 2.00 bits per heavy atom. The largest absolute Gasteiger partial charge is 0.508 e. The average molecular weight is 158 g/mol. The van der Waals surface area contributed by atoms with E-state index in [2.05, 4.69) is 13.2 Å². The van der Waals surface area contributed by atoms with Gasteiger partial charge >= 0.3 is 6.99 Å². The van der Waals surface area contributed by atoms with Crippen LogP contribution in [0.25, 0.3) is 0 Å². The van der Waals surface area contributed by atoms with E-state index in [0.717, 1.165) is 12.9 Å². The number of aliphatic hydroxyl groups is 1. The Morgan fingerprint density at radius 3 is 2.27 bits per heavy atom. The molecule has 0 aromatic rings. The van der Waals surface area contributed by atoms with Crippen LogP contribution in [-0.2, 0) is 0 Å². The summed E-state index contributed by atoms with van der Waals surface area (Å²) in [6.45, 7) is 5.86. The van der Waals surface area contributed by atoms with Crippen LogP contribution in [0.4, 0.5) is 8.71 Å². The molecular weight excluding hydrogens is 149 g/mol. The van der Waals surface area contributed by atoms with E-state index in [1.54, 1.807) is 0 Å². The molecule has 0 saturated carbocycles. The fourth-order valence-corrected chi connectivity index (χ4v) is 0.429. The van der Waals surface area contributed by atoms with Crippen molar-refractivity contribution in [3.05, 3.63) is 36.3 Å². The lowest BCUT2D eigenvalue weighted by Gasteiger charge is -1.98. The van der Waals surface area contributed by atoms with E-state index in [4.69, 9.17) is 5.11 Å². The van der Waals surface area contributed by atoms with Crippen molar-refractivity contribution in [1.82, 2.24) is 0 Å². The van der Waals surface area contributed by atoms with E-state index in [1.165, 1.54) is 0 Å². The average Bonchev–Trinajstić information content (AvgIpc) is 1.84. The van der Waals surface area contributed by atoms with Gasteiger partial charge in [-0.1, -0.05) is 13.2 Å². The van der Waals surface area contributed by atoms with E-state index >= 15 is 0 Å². The minimum Gasteiger partial charge on any atom is -0.508 e. The normalized spacial score (nSPS) is 11.0. The standard InChI is InChI=1S/C7H9BF2O/c1-5(11)4-7(9)6(2)8(3)10/h4,11H,1-2H2,3H3/b7-4+. The maximum Gasteiger partial charge on any atom is 0.380 e. The number of allylic oxidation sites excluding steroid dienone is 3. The minimum absolute atomic E-state index is 0.291. The Balaban J connectivity index is 4.36. The van der Waals surface area contributed by atoms with E-state index in [9.17, 15) is 8.71 Å². The van der Waals surface area contributed by atoms with Gasteiger partial charge in [-0.25, -0.2) is 4.39 Å². The smallest absolute Gasteiger partial charge is 0.380 e. The molecule has 11 heavy (non-hydrogen) atoms. The van der Waals surface area contributed by atoms with Crippen LogP contribution >= 0.6 is 0 Å². The highest BCUT2D eigenvalue weighted by Gasteiger charge is 2.14. The van der Waals surface area contributed by atoms with Crippen molar-refractivity contribution in [1.29, 1.82) is 0 Å². The van der Waals surface area contributed by atoms with E-state index < -0.39 is 18.6 Å². The lowest BCUT2D eigenvalue weighted by atomic mass is 9.66. The maximum absolute atomic E-state index is 12.6. The van der Waals surface area contributed by atoms with Gasteiger partial charge in [-0.05, 0) is 12.3 Å². The number of halogens is 2. The van der Waals surface area contributed by atoms with Gasteiger partial charge < -0.3 is 9.42 Å². The summed E-state index contributed by atoms with van der Waals surface area (Å²) in [5.74, 6) is -1.34. The summed E-state index contributed by atoms with van der Waals surface area (Å²) in [5.41, 5.74) is -0.291. The van der Waals surface area contributed by atoms with Crippen LogP contribution in [0.2, 0.25) is 6.82 Å². The Hall–Kier alpha value is -1.06. The Bertz CT molecular complexity index is 208. The SMILES string of the molecule is C=C(O)/C=C(/F)C(=C)B(C)F. The van der Waals surface area contributed by atoms with E-state index in [-0.39, 0.29) is 5.47 Å². The van der Waals surface area contributed by atoms with Crippen molar-refractivity contribution in [3.8, 4) is 0 Å². The van der Waals surface area contributed by atoms with Gasteiger partial charge in [-0.2, -0.15) is 0 Å². The van der Waals surface area contributed by atoms with Crippen molar-refractivity contribution < 1.29 is 13.8 Å². The molecule has 1 nitrogen and oxygen atoms in total. The third-order valence-corrected chi connectivity index (χ3v) is 1.08. The molecule has 0 aliphatic carbocycles. The molecule has 0 aromatic carbocycles. The number of hydrogen-bond donors (Lipinski definition) is 1. The van der Waals surface area contributed by atoms with Crippen molar-refractivity contribution in [2.45, 2.75) is 6.82 Å². The zero-order valence-corrected chi connectivity index (χ0v) is 6.27. The van der Waals surface area contributed by atoms with Crippen molar-refractivity contribution in [3.63, 3.8) is 0 Å². The van der Waals surface area contributed by atoms with Crippen LogP contribution in [0.3, 0.4) is 0 Å². The molecule has 0 rings (SSSR count). The molecule has 0 fully saturated rings. The van der Waals surface area contributed by atoms with Crippen molar-refractivity contribution in [2.75, 3.05) is 0 Å². The molecule has 0 bridgehead atoms. The molecule has 0 radical (unpaired) electrons. The first-order valence-electron chi connectivity index (χ1n) is 3.03. The first-order chi connectivity index (χ1) is 4.95. The topological polar surface area (TPSA) is 20.2 Å². The molecule has 0 aliphatic heterocycles. The van der Waals surface area contributed by atoms with Crippen molar-refractivity contribution >= 4 is 6.99 Å². The lowest BCUT2D eigenvalue weighted by molar-refractivity contribution is 0.432. The monoisotopic (exact) mass is 158 g/mol. The summed E-state index contributed by atoms with van der Waals surface area (Å²) in [5, 5.41) is 8.48. The van der Waals surface area contributed by atoms with Gasteiger partial charge in [0.05, 0.1) is 0 Å². The van der Waals surface area contributed by atoms with Gasteiger partial charge in [0, 0.05) is 6.08 Å². The second-order valence-corrected chi connectivity index (χ2v) is 2.12. The third-order valence-electron chi connectivity index (χ3n) is 1.08. The molecule has 1 N–H and O–H groups in total. The fraction of sp³-hybridized carbons (Fsp3) is 0.143. The van der Waals surface area contributed by atoms with Gasteiger partial charge in [-0.3, -0.25) is 0 Å². The van der Waals surface area contributed by atoms with Gasteiger partial charge in [0.15, 0.2) is 0 Å². The predicted octanol–water partition coefficient (Wildman–Crippen LogP) is 2.60. The molecule has 0 aliphatic rings. The van der Waals surface area contributed by atoms with Crippen LogP contribution in [0.15, 0.2) is 36.3 Å². The molecule has 0 aromatic heterocycles. The highest BCUT2D eigenvalue weighted by Crippen LogP contribution is 2.14. The van der Waals surface area contributed by atoms with Crippen LogP contribution in [0.1, 0.15) is 0 Å².